The minimum Gasteiger partial charge on any atom is -0.748 e. The van der Waals surface area contributed by atoms with Crippen LogP contribution in [0.1, 0.15) is 7.43 Å². The number of hydrogen-bond acceptors (Lipinski definition) is 9. The summed E-state index contributed by atoms with van der Waals surface area (Å²) < 4.78 is 35.6. The molecule has 0 bridgehead atoms. The summed E-state index contributed by atoms with van der Waals surface area (Å²) in [5, 5.41) is 12.8. The molecule has 0 aliphatic carbocycles. The Kier molecular flexibility index (Phi) is 9.92. The van der Waals surface area contributed by atoms with E-state index < -0.39 is 10.1 Å². The van der Waals surface area contributed by atoms with Crippen molar-refractivity contribution in [2.45, 2.75) is 7.43 Å². The van der Waals surface area contributed by atoms with Crippen LogP contribution in [0.25, 0.3) is 0 Å². The first-order chi connectivity index (χ1) is 8.51. The molecule has 1 heterocycles. The molecule has 0 saturated carbocycles. The fraction of sp³-hybridized carbons (Fsp3) is 1.00. The molecule has 0 aromatic rings. The summed E-state index contributed by atoms with van der Waals surface area (Å²) in [7, 11) is -4.13. The van der Waals surface area contributed by atoms with Crippen molar-refractivity contribution in [3.05, 3.63) is 0 Å². The summed E-state index contributed by atoms with van der Waals surface area (Å²) in [5.74, 6) is 0.286. The van der Waals surface area contributed by atoms with Crippen LogP contribution in [-0.2, 0) is 19.5 Å². The van der Waals surface area contributed by atoms with E-state index >= 15 is 0 Å². The molecule has 0 N–H and O–H groups in total. The van der Waals surface area contributed by atoms with Crippen LogP contribution in [0.3, 0.4) is 0 Å². The molecule has 10 heteroatoms. The van der Waals surface area contributed by atoms with Crippen LogP contribution >= 0.6 is 12.0 Å². The number of rotatable bonds is 8. The molecule has 1 saturated heterocycles. The third-order valence-electron chi connectivity index (χ3n) is 2.69. The summed E-state index contributed by atoms with van der Waals surface area (Å²) in [6.45, 7) is 4.14. The van der Waals surface area contributed by atoms with Gasteiger partial charge in [0.05, 0.1) is 15.9 Å². The summed E-state index contributed by atoms with van der Waals surface area (Å²) in [6, 6.07) is 0. The van der Waals surface area contributed by atoms with Gasteiger partial charge in [-0.1, -0.05) is 7.43 Å². The van der Waals surface area contributed by atoms with Crippen molar-refractivity contribution in [2.75, 3.05) is 50.8 Å². The van der Waals surface area contributed by atoms with E-state index in [-0.39, 0.29) is 13.2 Å². The highest BCUT2D eigenvalue weighted by molar-refractivity contribution is 7.94. The normalized spacial score (nSPS) is 18.2. The molecule has 0 aromatic carbocycles. The first-order valence-corrected chi connectivity index (χ1v) is 7.96. The topological polar surface area (TPSA) is 105 Å². The Bertz CT molecular complexity index is 319. The standard InChI is InChI=1S/C8H18N2O6S2.CH4/c11-15-16-17-7-5-9-1-3-10(4-2-9)6-8-18(12,13)14;/h11H,1-8H2,(H,12,13,14);1H4/p-2. The van der Waals surface area contributed by atoms with Gasteiger partial charge in [0.15, 0.2) is 0 Å². The van der Waals surface area contributed by atoms with Crippen LogP contribution in [0, 0.1) is 0 Å². The van der Waals surface area contributed by atoms with Gasteiger partial charge in [-0.05, 0) is 0 Å². The zero-order valence-corrected chi connectivity index (χ0v) is 11.5. The Balaban J connectivity index is 0.00000324. The van der Waals surface area contributed by atoms with E-state index in [1.165, 1.54) is 0 Å². The molecule has 0 unspecified atom stereocenters. The first-order valence-electron chi connectivity index (χ1n) is 5.47. The molecule has 19 heavy (non-hydrogen) atoms. The molecular formula is C9H20N2O6S2-2. The Labute approximate surface area is 118 Å². The Morgan fingerprint density at radius 2 is 1.63 bits per heavy atom. The lowest BCUT2D eigenvalue weighted by atomic mass is 10.3. The minimum absolute atomic E-state index is 0. The quantitative estimate of drug-likeness (QED) is 0.177. The third-order valence-corrected chi connectivity index (χ3v) is 3.87. The van der Waals surface area contributed by atoms with Gasteiger partial charge in [-0.15, -0.1) is 0 Å². The molecule has 116 valence electrons. The number of hydrogen-bond donors (Lipinski definition) is 0. The molecule has 8 nitrogen and oxygen atoms in total. The monoisotopic (exact) mass is 316 g/mol. The van der Waals surface area contributed by atoms with Gasteiger partial charge in [-0.25, -0.2) is 8.42 Å². The van der Waals surface area contributed by atoms with E-state index in [2.05, 4.69) is 14.3 Å². The first kappa shape index (κ1) is 19.1. The van der Waals surface area contributed by atoms with Gasteiger partial charge in [0.25, 0.3) is 0 Å². The molecule has 0 amide bonds. The van der Waals surface area contributed by atoms with Crippen molar-refractivity contribution < 1.29 is 27.6 Å². The highest BCUT2D eigenvalue weighted by Gasteiger charge is 2.16. The van der Waals surface area contributed by atoms with Crippen molar-refractivity contribution in [1.29, 1.82) is 0 Å². The van der Waals surface area contributed by atoms with Gasteiger partial charge >= 0.3 is 0 Å². The highest BCUT2D eigenvalue weighted by Crippen LogP contribution is 2.06. The van der Waals surface area contributed by atoms with E-state index in [0.717, 1.165) is 44.8 Å². The second-order valence-corrected chi connectivity index (χ2v) is 6.21. The summed E-state index contributed by atoms with van der Waals surface area (Å²) >= 11 is 0.951. The van der Waals surface area contributed by atoms with E-state index in [1.807, 2.05) is 4.90 Å². The lowest BCUT2D eigenvalue weighted by molar-refractivity contribution is -0.777. The predicted molar refractivity (Wildman–Crippen MR) is 68.8 cm³/mol. The van der Waals surface area contributed by atoms with Crippen LogP contribution in [0.4, 0.5) is 0 Å². The van der Waals surface area contributed by atoms with Crippen molar-refractivity contribution in [1.82, 2.24) is 9.80 Å². The van der Waals surface area contributed by atoms with Crippen LogP contribution in [0.2, 0.25) is 0 Å². The molecule has 1 aliphatic rings. The summed E-state index contributed by atoms with van der Waals surface area (Å²) in [6.07, 6.45) is 0. The van der Waals surface area contributed by atoms with Crippen molar-refractivity contribution in [3.8, 4) is 0 Å². The van der Waals surface area contributed by atoms with Gasteiger partial charge in [0.1, 0.15) is 0 Å². The largest absolute Gasteiger partial charge is 0.748 e. The van der Waals surface area contributed by atoms with Gasteiger partial charge in [0.2, 0.25) is 0 Å². The number of nitrogens with zero attached hydrogens (tertiary/aromatic N) is 2. The zero-order valence-electron chi connectivity index (χ0n) is 9.82. The Hall–Kier alpha value is 0.0600. The average molecular weight is 316 g/mol. The molecule has 0 aromatic heterocycles. The lowest BCUT2D eigenvalue weighted by Gasteiger charge is -2.34. The second kappa shape index (κ2) is 9.88. The maximum atomic E-state index is 10.5. The Morgan fingerprint density at radius 3 is 2.11 bits per heavy atom. The van der Waals surface area contributed by atoms with Gasteiger partial charge in [-0.2, -0.15) is 4.33 Å². The van der Waals surface area contributed by atoms with Crippen LogP contribution in [0.15, 0.2) is 0 Å². The van der Waals surface area contributed by atoms with E-state index in [0.29, 0.717) is 12.3 Å². The molecule has 0 radical (unpaired) electrons. The molecular weight excluding hydrogens is 296 g/mol. The molecule has 0 spiro atoms. The van der Waals surface area contributed by atoms with Crippen molar-refractivity contribution in [3.63, 3.8) is 0 Å². The second-order valence-electron chi connectivity index (χ2n) is 3.90. The molecule has 1 aliphatic heterocycles. The SMILES string of the molecule is C.O=S(=O)([O-])CCN1CCN(CCSOO[O-])CC1. The average Bonchev–Trinajstić information content (AvgIpc) is 2.33. The van der Waals surface area contributed by atoms with Crippen LogP contribution < -0.4 is 5.26 Å². The van der Waals surface area contributed by atoms with Gasteiger partial charge in [-0.3, -0.25) is 14.8 Å². The van der Waals surface area contributed by atoms with Crippen LogP contribution in [0.5, 0.6) is 0 Å². The fourth-order valence-electron chi connectivity index (χ4n) is 1.70. The maximum absolute atomic E-state index is 10.5. The molecule has 1 rings (SSSR count). The van der Waals surface area contributed by atoms with Crippen molar-refractivity contribution >= 4 is 22.2 Å². The fourth-order valence-corrected chi connectivity index (χ4v) is 2.62. The van der Waals surface area contributed by atoms with E-state index in [9.17, 15) is 18.2 Å². The third kappa shape index (κ3) is 9.57. The van der Waals surface area contributed by atoms with Crippen LogP contribution in [-0.4, -0.2) is 73.5 Å². The highest BCUT2D eigenvalue weighted by atomic mass is 32.2. The smallest absolute Gasteiger partial charge is 0.0958 e. The van der Waals surface area contributed by atoms with E-state index in [4.69, 9.17) is 0 Å². The van der Waals surface area contributed by atoms with E-state index in [1.54, 1.807) is 0 Å². The predicted octanol–water partition coefficient (Wildman–Crippen LogP) is -1.34. The molecule has 1 fully saturated rings. The maximum Gasteiger partial charge on any atom is 0.0958 e. The number of piperazine rings is 1. The minimum atomic E-state index is -4.13. The van der Waals surface area contributed by atoms with Gasteiger partial charge < -0.3 is 9.81 Å². The Morgan fingerprint density at radius 1 is 1.11 bits per heavy atom. The molecule has 0 atom stereocenters. The lowest BCUT2D eigenvalue weighted by Crippen LogP contribution is -2.48. The van der Waals surface area contributed by atoms with Gasteiger partial charge in [0, 0.05) is 57.1 Å². The summed E-state index contributed by atoms with van der Waals surface area (Å²) in [4.78, 5) is 4.12. The van der Waals surface area contributed by atoms with Crippen molar-refractivity contribution in [2.24, 2.45) is 0 Å². The zero-order chi connectivity index (χ0) is 13.4. The summed E-state index contributed by atoms with van der Waals surface area (Å²) in [5.41, 5.74) is 0.